The number of hydrogen-bond acceptors (Lipinski definition) is 2. The smallest absolute Gasteiger partial charge is 0.154 e. The van der Waals surface area contributed by atoms with Crippen LogP contribution in [0, 0.1) is 5.41 Å². The maximum Gasteiger partial charge on any atom is 0.154 e. The first-order valence-corrected chi connectivity index (χ1v) is 4.75. The standard InChI is InChI=1S/C10H22O2/c1-5-6-7-9(11)12-8-10(2,3)4/h9,11H,5-8H2,1-4H3. The minimum Gasteiger partial charge on any atom is -0.368 e. The highest BCUT2D eigenvalue weighted by atomic mass is 16.6. The Morgan fingerprint density at radius 3 is 2.33 bits per heavy atom. The van der Waals surface area contributed by atoms with Crippen molar-refractivity contribution in [2.45, 2.75) is 53.2 Å². The largest absolute Gasteiger partial charge is 0.368 e. The van der Waals surface area contributed by atoms with Gasteiger partial charge in [-0.15, -0.1) is 0 Å². The molecule has 1 unspecified atom stereocenters. The van der Waals surface area contributed by atoms with E-state index < -0.39 is 6.29 Å². The van der Waals surface area contributed by atoms with Crippen molar-refractivity contribution in [3.05, 3.63) is 0 Å². The Hall–Kier alpha value is -0.0800. The van der Waals surface area contributed by atoms with Gasteiger partial charge in [-0.1, -0.05) is 34.1 Å². The molecule has 0 heterocycles. The third-order valence-electron chi connectivity index (χ3n) is 1.51. The maximum absolute atomic E-state index is 9.32. The first kappa shape index (κ1) is 11.9. The quantitative estimate of drug-likeness (QED) is 0.649. The van der Waals surface area contributed by atoms with Crippen molar-refractivity contribution >= 4 is 0 Å². The predicted molar refractivity (Wildman–Crippen MR) is 50.9 cm³/mol. The molecule has 0 aromatic heterocycles. The number of aliphatic hydroxyl groups is 1. The molecule has 0 bridgehead atoms. The molecule has 0 aromatic carbocycles. The zero-order chi connectivity index (χ0) is 9.61. The van der Waals surface area contributed by atoms with Gasteiger partial charge in [0.1, 0.15) is 0 Å². The van der Waals surface area contributed by atoms with Gasteiger partial charge >= 0.3 is 0 Å². The second-order valence-corrected chi connectivity index (χ2v) is 4.47. The van der Waals surface area contributed by atoms with Crippen molar-refractivity contribution in [2.75, 3.05) is 6.61 Å². The van der Waals surface area contributed by atoms with Gasteiger partial charge in [0.05, 0.1) is 6.61 Å². The van der Waals surface area contributed by atoms with Gasteiger partial charge in [0.25, 0.3) is 0 Å². The summed E-state index contributed by atoms with van der Waals surface area (Å²) < 4.78 is 5.26. The molecule has 0 rings (SSSR count). The van der Waals surface area contributed by atoms with E-state index in [0.29, 0.717) is 6.61 Å². The first-order chi connectivity index (χ1) is 5.45. The molecule has 2 heteroatoms. The summed E-state index contributed by atoms with van der Waals surface area (Å²) in [5.74, 6) is 0. The molecule has 0 amide bonds. The number of hydrogen-bond donors (Lipinski definition) is 1. The highest BCUT2D eigenvalue weighted by Crippen LogP contribution is 2.14. The van der Waals surface area contributed by atoms with Gasteiger partial charge in [-0.2, -0.15) is 0 Å². The minimum absolute atomic E-state index is 0.146. The Balaban J connectivity index is 3.37. The average molecular weight is 174 g/mol. The molecule has 0 radical (unpaired) electrons. The fourth-order valence-corrected chi connectivity index (χ4v) is 0.808. The summed E-state index contributed by atoms with van der Waals surface area (Å²) in [6.07, 6.45) is 2.33. The summed E-state index contributed by atoms with van der Waals surface area (Å²) in [5.41, 5.74) is 0.146. The van der Waals surface area contributed by atoms with Crippen LogP contribution in [0.2, 0.25) is 0 Å². The van der Waals surface area contributed by atoms with E-state index in [0.717, 1.165) is 19.3 Å². The zero-order valence-corrected chi connectivity index (χ0v) is 8.76. The number of rotatable bonds is 5. The van der Waals surface area contributed by atoms with Crippen molar-refractivity contribution in [1.82, 2.24) is 0 Å². The number of ether oxygens (including phenoxy) is 1. The van der Waals surface area contributed by atoms with E-state index in [-0.39, 0.29) is 5.41 Å². The Labute approximate surface area is 75.9 Å². The van der Waals surface area contributed by atoms with E-state index in [4.69, 9.17) is 4.74 Å². The van der Waals surface area contributed by atoms with E-state index in [2.05, 4.69) is 27.7 Å². The lowest BCUT2D eigenvalue weighted by atomic mass is 9.99. The SMILES string of the molecule is CCCCC(O)OCC(C)(C)C. The van der Waals surface area contributed by atoms with Gasteiger partial charge in [-0.25, -0.2) is 0 Å². The molecule has 74 valence electrons. The molecule has 0 aromatic rings. The maximum atomic E-state index is 9.32. The molecule has 0 aliphatic rings. The second kappa shape index (κ2) is 5.55. The molecule has 2 nitrogen and oxygen atoms in total. The van der Waals surface area contributed by atoms with Crippen LogP contribution in [-0.4, -0.2) is 18.0 Å². The summed E-state index contributed by atoms with van der Waals surface area (Å²) >= 11 is 0. The molecule has 0 saturated carbocycles. The molecule has 12 heavy (non-hydrogen) atoms. The fourth-order valence-electron chi connectivity index (χ4n) is 0.808. The number of aliphatic hydroxyl groups excluding tert-OH is 1. The minimum atomic E-state index is -0.566. The van der Waals surface area contributed by atoms with Crippen LogP contribution in [0.1, 0.15) is 47.0 Å². The van der Waals surface area contributed by atoms with Crippen molar-refractivity contribution in [1.29, 1.82) is 0 Å². The zero-order valence-electron chi connectivity index (χ0n) is 8.76. The lowest BCUT2D eigenvalue weighted by Gasteiger charge is -2.20. The predicted octanol–water partition coefficient (Wildman–Crippen LogP) is 2.56. The van der Waals surface area contributed by atoms with Gasteiger partial charge < -0.3 is 9.84 Å². The molecule has 0 fully saturated rings. The van der Waals surface area contributed by atoms with Crippen LogP contribution in [0.25, 0.3) is 0 Å². The van der Waals surface area contributed by atoms with Gasteiger partial charge in [-0.3, -0.25) is 0 Å². The topological polar surface area (TPSA) is 29.5 Å². The third kappa shape index (κ3) is 8.02. The Bertz CT molecular complexity index is 105. The van der Waals surface area contributed by atoms with E-state index in [1.165, 1.54) is 0 Å². The summed E-state index contributed by atoms with van der Waals surface area (Å²) in [4.78, 5) is 0. The van der Waals surface area contributed by atoms with Crippen LogP contribution < -0.4 is 0 Å². The summed E-state index contributed by atoms with van der Waals surface area (Å²) in [7, 11) is 0. The second-order valence-electron chi connectivity index (χ2n) is 4.47. The lowest BCUT2D eigenvalue weighted by Crippen LogP contribution is -2.21. The van der Waals surface area contributed by atoms with Gasteiger partial charge in [0, 0.05) is 0 Å². The molecule has 1 atom stereocenters. The van der Waals surface area contributed by atoms with Gasteiger partial charge in [0.15, 0.2) is 6.29 Å². The van der Waals surface area contributed by atoms with Crippen LogP contribution in [0.4, 0.5) is 0 Å². The molecule has 1 N–H and O–H groups in total. The van der Waals surface area contributed by atoms with Crippen molar-refractivity contribution in [3.8, 4) is 0 Å². The van der Waals surface area contributed by atoms with Gasteiger partial charge in [0.2, 0.25) is 0 Å². The molecule has 0 spiro atoms. The fraction of sp³-hybridized carbons (Fsp3) is 1.00. The van der Waals surface area contributed by atoms with Gasteiger partial charge in [-0.05, 0) is 18.3 Å². The normalized spacial score (nSPS) is 14.8. The summed E-state index contributed by atoms with van der Waals surface area (Å²) in [6, 6.07) is 0. The molecular weight excluding hydrogens is 152 g/mol. The first-order valence-electron chi connectivity index (χ1n) is 4.75. The van der Waals surface area contributed by atoms with E-state index in [1.54, 1.807) is 0 Å². The third-order valence-corrected chi connectivity index (χ3v) is 1.51. The van der Waals surface area contributed by atoms with Crippen molar-refractivity contribution in [2.24, 2.45) is 5.41 Å². The van der Waals surface area contributed by atoms with E-state index >= 15 is 0 Å². The van der Waals surface area contributed by atoms with Crippen molar-refractivity contribution < 1.29 is 9.84 Å². The highest BCUT2D eigenvalue weighted by Gasteiger charge is 2.13. The van der Waals surface area contributed by atoms with E-state index in [9.17, 15) is 5.11 Å². The Morgan fingerprint density at radius 2 is 1.92 bits per heavy atom. The molecule has 0 saturated heterocycles. The van der Waals surface area contributed by atoms with Crippen LogP contribution in [0.5, 0.6) is 0 Å². The summed E-state index contributed by atoms with van der Waals surface area (Å²) in [6.45, 7) is 9.02. The average Bonchev–Trinajstić information content (AvgIpc) is 1.95. The highest BCUT2D eigenvalue weighted by molar-refractivity contribution is 4.59. The Kier molecular flexibility index (Phi) is 5.51. The lowest BCUT2D eigenvalue weighted by molar-refractivity contribution is -0.123. The monoisotopic (exact) mass is 174 g/mol. The van der Waals surface area contributed by atoms with Crippen molar-refractivity contribution in [3.63, 3.8) is 0 Å². The van der Waals surface area contributed by atoms with Crippen LogP contribution in [0.3, 0.4) is 0 Å². The molecule has 0 aliphatic heterocycles. The molecular formula is C10H22O2. The van der Waals surface area contributed by atoms with Crippen LogP contribution in [0.15, 0.2) is 0 Å². The van der Waals surface area contributed by atoms with E-state index in [1.807, 2.05) is 0 Å². The summed E-state index contributed by atoms with van der Waals surface area (Å²) in [5, 5.41) is 9.32. The number of unbranched alkanes of at least 4 members (excludes halogenated alkanes) is 1. The Morgan fingerprint density at radius 1 is 1.33 bits per heavy atom. The van der Waals surface area contributed by atoms with Crippen LogP contribution >= 0.6 is 0 Å². The van der Waals surface area contributed by atoms with Crippen LogP contribution in [-0.2, 0) is 4.74 Å². The molecule has 0 aliphatic carbocycles.